The summed E-state index contributed by atoms with van der Waals surface area (Å²) in [7, 11) is 0. The molecular weight excluding hydrogens is 779 g/mol. The molecule has 0 aliphatic heterocycles. The standard InChI is InChI=1S/C61H39NS/c1-3-19-40(20-4-1)42-37-43(41-21-5-2-6-22-41)39-44(38-42)62(55-33-15-10-25-47(55)48-28-17-36-58-59(48)50-27-11-16-35-57(50)63-58)56-34-18-32-54-60(56)49-26-9-14-31-53(49)61(54)51-29-12-7-23-45(51)46-24-8-13-30-52(46)61/h1-39H. The second-order valence-corrected chi connectivity index (χ2v) is 17.8. The maximum Gasteiger partial charge on any atom is 0.0726 e. The van der Waals surface area contributed by atoms with Gasteiger partial charge in [0.05, 0.1) is 16.8 Å². The fourth-order valence-corrected chi connectivity index (χ4v) is 12.1. The molecule has 0 bridgehead atoms. The van der Waals surface area contributed by atoms with Gasteiger partial charge >= 0.3 is 0 Å². The monoisotopic (exact) mass is 817 g/mol. The molecule has 10 aromatic carbocycles. The van der Waals surface area contributed by atoms with Crippen molar-refractivity contribution in [1.82, 2.24) is 0 Å². The molecule has 1 spiro atoms. The van der Waals surface area contributed by atoms with Crippen molar-refractivity contribution in [3.05, 3.63) is 259 Å². The first-order valence-electron chi connectivity index (χ1n) is 21.8. The Morgan fingerprint density at radius 1 is 0.317 bits per heavy atom. The van der Waals surface area contributed by atoms with Gasteiger partial charge in [0.1, 0.15) is 0 Å². The lowest BCUT2D eigenvalue weighted by molar-refractivity contribution is 0.794. The van der Waals surface area contributed by atoms with E-state index >= 15 is 0 Å². The van der Waals surface area contributed by atoms with Crippen LogP contribution in [-0.4, -0.2) is 0 Å². The van der Waals surface area contributed by atoms with Crippen molar-refractivity contribution >= 4 is 48.6 Å². The summed E-state index contributed by atoms with van der Waals surface area (Å²) in [6, 6.07) is 87.9. The summed E-state index contributed by atoms with van der Waals surface area (Å²) in [6.45, 7) is 0. The second-order valence-electron chi connectivity index (χ2n) is 16.7. The summed E-state index contributed by atoms with van der Waals surface area (Å²) in [5.74, 6) is 0. The first kappa shape index (κ1) is 35.9. The second kappa shape index (κ2) is 14.1. The largest absolute Gasteiger partial charge is 0.309 e. The highest BCUT2D eigenvalue weighted by Gasteiger charge is 2.52. The molecule has 63 heavy (non-hydrogen) atoms. The van der Waals surface area contributed by atoms with E-state index in [0.717, 1.165) is 17.1 Å². The van der Waals surface area contributed by atoms with Crippen LogP contribution >= 0.6 is 11.3 Å². The van der Waals surface area contributed by atoms with Crippen LogP contribution in [0.15, 0.2) is 237 Å². The smallest absolute Gasteiger partial charge is 0.0726 e. The highest BCUT2D eigenvalue weighted by molar-refractivity contribution is 7.25. The molecule has 2 aliphatic rings. The summed E-state index contributed by atoms with van der Waals surface area (Å²) in [6.07, 6.45) is 0. The number of nitrogens with zero attached hydrogens (tertiary/aromatic N) is 1. The van der Waals surface area contributed by atoms with Gasteiger partial charge in [0.25, 0.3) is 0 Å². The molecule has 1 nitrogen and oxygen atoms in total. The molecule has 0 saturated carbocycles. The van der Waals surface area contributed by atoms with E-state index in [1.807, 2.05) is 11.3 Å². The minimum atomic E-state index is -0.470. The van der Waals surface area contributed by atoms with Gasteiger partial charge in [-0.1, -0.05) is 194 Å². The van der Waals surface area contributed by atoms with E-state index in [9.17, 15) is 0 Å². The van der Waals surface area contributed by atoms with Gasteiger partial charge < -0.3 is 4.90 Å². The Morgan fingerprint density at radius 2 is 0.794 bits per heavy atom. The molecule has 0 atom stereocenters. The lowest BCUT2D eigenvalue weighted by atomic mass is 9.70. The van der Waals surface area contributed by atoms with Gasteiger partial charge in [-0.05, 0) is 109 Å². The Balaban J connectivity index is 1.15. The molecule has 0 radical (unpaired) electrons. The van der Waals surface area contributed by atoms with E-state index in [1.165, 1.54) is 98.1 Å². The van der Waals surface area contributed by atoms with Crippen molar-refractivity contribution < 1.29 is 0 Å². The van der Waals surface area contributed by atoms with E-state index < -0.39 is 5.41 Å². The number of hydrogen-bond acceptors (Lipinski definition) is 2. The van der Waals surface area contributed by atoms with E-state index in [4.69, 9.17) is 0 Å². The minimum Gasteiger partial charge on any atom is -0.309 e. The summed E-state index contributed by atoms with van der Waals surface area (Å²) >= 11 is 1.87. The molecule has 0 saturated heterocycles. The third kappa shape index (κ3) is 5.29. The van der Waals surface area contributed by atoms with Crippen LogP contribution in [0.5, 0.6) is 0 Å². The van der Waals surface area contributed by atoms with Gasteiger partial charge in [-0.25, -0.2) is 0 Å². The number of fused-ring (bicyclic) bond motifs is 13. The molecular formula is C61H39NS. The van der Waals surface area contributed by atoms with Gasteiger partial charge in [-0.15, -0.1) is 11.3 Å². The Morgan fingerprint density at radius 3 is 1.48 bits per heavy atom. The molecule has 0 fully saturated rings. The predicted octanol–water partition coefficient (Wildman–Crippen LogP) is 16.9. The van der Waals surface area contributed by atoms with E-state index in [-0.39, 0.29) is 0 Å². The summed E-state index contributed by atoms with van der Waals surface area (Å²) in [4.78, 5) is 2.57. The third-order valence-electron chi connectivity index (χ3n) is 13.5. The molecule has 0 amide bonds. The quantitative estimate of drug-likeness (QED) is 0.162. The van der Waals surface area contributed by atoms with Crippen LogP contribution in [0, 0.1) is 0 Å². The fraction of sp³-hybridized carbons (Fsp3) is 0.0164. The average Bonchev–Trinajstić information content (AvgIpc) is 3.99. The van der Waals surface area contributed by atoms with Crippen molar-refractivity contribution in [2.75, 3.05) is 4.90 Å². The first-order chi connectivity index (χ1) is 31.3. The summed E-state index contributed by atoms with van der Waals surface area (Å²) in [5, 5.41) is 2.59. The Labute approximate surface area is 371 Å². The molecule has 2 aliphatic carbocycles. The van der Waals surface area contributed by atoms with Crippen molar-refractivity contribution in [2.24, 2.45) is 0 Å². The van der Waals surface area contributed by atoms with Crippen LogP contribution < -0.4 is 4.90 Å². The van der Waals surface area contributed by atoms with Crippen LogP contribution in [-0.2, 0) is 5.41 Å². The molecule has 0 N–H and O–H groups in total. The first-order valence-corrected chi connectivity index (χ1v) is 22.6. The van der Waals surface area contributed by atoms with Gasteiger partial charge in [-0.3, -0.25) is 0 Å². The molecule has 1 aromatic heterocycles. The van der Waals surface area contributed by atoms with Crippen molar-refractivity contribution in [3.8, 4) is 55.6 Å². The van der Waals surface area contributed by atoms with Crippen LogP contribution in [0.4, 0.5) is 17.1 Å². The Kier molecular flexibility index (Phi) is 8.06. The molecule has 294 valence electrons. The predicted molar refractivity (Wildman–Crippen MR) is 267 cm³/mol. The van der Waals surface area contributed by atoms with Gasteiger partial charge in [0.2, 0.25) is 0 Å². The van der Waals surface area contributed by atoms with E-state index in [2.05, 4.69) is 241 Å². The van der Waals surface area contributed by atoms with Crippen LogP contribution in [0.3, 0.4) is 0 Å². The number of rotatable bonds is 6. The number of anilines is 3. The zero-order chi connectivity index (χ0) is 41.5. The SMILES string of the molecule is c1ccc(-c2cc(-c3ccccc3)cc(N(c3ccccc3-c3cccc4sc5ccccc5c34)c3cccc4c3-c3ccccc3C43c4ccccc4-c4ccccc43)c2)cc1. The summed E-state index contributed by atoms with van der Waals surface area (Å²) in [5.41, 5.74) is 20.5. The van der Waals surface area contributed by atoms with E-state index in [1.54, 1.807) is 0 Å². The Bertz CT molecular complexity index is 3480. The van der Waals surface area contributed by atoms with Crippen LogP contribution in [0.2, 0.25) is 0 Å². The third-order valence-corrected chi connectivity index (χ3v) is 14.6. The highest BCUT2D eigenvalue weighted by atomic mass is 32.1. The van der Waals surface area contributed by atoms with Crippen molar-refractivity contribution in [2.45, 2.75) is 5.41 Å². The normalized spacial score (nSPS) is 12.9. The number of benzene rings is 10. The minimum absolute atomic E-state index is 0.470. The van der Waals surface area contributed by atoms with Gasteiger partial charge in [0, 0.05) is 37.0 Å². The maximum atomic E-state index is 2.57. The topological polar surface area (TPSA) is 3.24 Å². The molecule has 2 heteroatoms. The average molecular weight is 818 g/mol. The van der Waals surface area contributed by atoms with Crippen molar-refractivity contribution in [1.29, 1.82) is 0 Å². The van der Waals surface area contributed by atoms with Gasteiger partial charge in [0.15, 0.2) is 0 Å². The lowest BCUT2D eigenvalue weighted by Gasteiger charge is -2.33. The molecule has 0 unspecified atom stereocenters. The number of thiophene rings is 1. The number of hydrogen-bond donors (Lipinski definition) is 0. The summed E-state index contributed by atoms with van der Waals surface area (Å²) < 4.78 is 2.60. The zero-order valence-electron chi connectivity index (χ0n) is 34.4. The molecule has 11 aromatic rings. The maximum absolute atomic E-state index is 2.57. The molecule has 13 rings (SSSR count). The number of para-hydroxylation sites is 1. The lowest BCUT2D eigenvalue weighted by Crippen LogP contribution is -2.26. The Hall–Kier alpha value is -7.78. The van der Waals surface area contributed by atoms with Crippen LogP contribution in [0.25, 0.3) is 75.8 Å². The van der Waals surface area contributed by atoms with Crippen molar-refractivity contribution in [3.63, 3.8) is 0 Å². The van der Waals surface area contributed by atoms with Crippen LogP contribution in [0.1, 0.15) is 22.3 Å². The van der Waals surface area contributed by atoms with E-state index in [0.29, 0.717) is 0 Å². The van der Waals surface area contributed by atoms with Gasteiger partial charge in [-0.2, -0.15) is 0 Å². The highest BCUT2D eigenvalue weighted by Crippen LogP contribution is 2.65. The zero-order valence-corrected chi connectivity index (χ0v) is 35.2. The molecule has 1 heterocycles. The fourth-order valence-electron chi connectivity index (χ4n) is 10.9.